The minimum absolute atomic E-state index is 0.0836. The van der Waals surface area contributed by atoms with E-state index in [2.05, 4.69) is 10.6 Å². The van der Waals surface area contributed by atoms with Crippen molar-refractivity contribution >= 4 is 11.6 Å². The monoisotopic (exact) mass is 290 g/mol. The van der Waals surface area contributed by atoms with Gasteiger partial charge in [0.1, 0.15) is 11.6 Å². The van der Waals surface area contributed by atoms with Gasteiger partial charge < -0.3 is 10.6 Å². The van der Waals surface area contributed by atoms with Gasteiger partial charge in [-0.2, -0.15) is 0 Å². The van der Waals surface area contributed by atoms with Crippen molar-refractivity contribution in [1.82, 2.24) is 5.32 Å². The van der Waals surface area contributed by atoms with Crippen molar-refractivity contribution in [3.63, 3.8) is 0 Å². The molecule has 5 heteroatoms. The quantitative estimate of drug-likeness (QED) is 0.887. The van der Waals surface area contributed by atoms with Crippen LogP contribution in [-0.4, -0.2) is 12.5 Å². The van der Waals surface area contributed by atoms with Crippen LogP contribution in [0.2, 0.25) is 0 Å². The molecule has 0 bridgehead atoms. The van der Waals surface area contributed by atoms with E-state index in [-0.39, 0.29) is 24.2 Å². The summed E-state index contributed by atoms with van der Waals surface area (Å²) < 4.78 is 26.2. The molecule has 0 aromatic heterocycles. The highest BCUT2D eigenvalue weighted by atomic mass is 19.1. The Labute approximate surface area is 122 Å². The van der Waals surface area contributed by atoms with Crippen molar-refractivity contribution in [2.24, 2.45) is 0 Å². The molecule has 0 aliphatic carbocycles. The van der Waals surface area contributed by atoms with Crippen molar-refractivity contribution in [2.45, 2.75) is 13.0 Å². The summed E-state index contributed by atoms with van der Waals surface area (Å²) in [5, 5.41) is 5.44. The molecule has 0 aliphatic rings. The smallest absolute Gasteiger partial charge is 0.239 e. The standard InChI is InChI=1S/C16H16F2N2O/c1-11(12-5-3-2-4-6-12)20-16(21)10-19-15-8-7-13(17)9-14(15)18/h2-9,11,19H,10H2,1H3,(H,20,21). The number of hydrogen-bond donors (Lipinski definition) is 2. The highest BCUT2D eigenvalue weighted by Gasteiger charge is 2.10. The lowest BCUT2D eigenvalue weighted by molar-refractivity contribution is -0.120. The summed E-state index contributed by atoms with van der Waals surface area (Å²) in [6, 6.07) is 12.5. The summed E-state index contributed by atoms with van der Waals surface area (Å²) in [4.78, 5) is 11.8. The lowest BCUT2D eigenvalue weighted by Crippen LogP contribution is -2.32. The maximum absolute atomic E-state index is 13.4. The van der Waals surface area contributed by atoms with E-state index in [1.165, 1.54) is 6.07 Å². The molecule has 1 amide bonds. The third kappa shape index (κ3) is 4.27. The van der Waals surface area contributed by atoms with Crippen LogP contribution in [0.1, 0.15) is 18.5 Å². The van der Waals surface area contributed by atoms with Crippen LogP contribution in [0.5, 0.6) is 0 Å². The summed E-state index contributed by atoms with van der Waals surface area (Å²) in [6.45, 7) is 1.78. The number of carbonyl (C=O) groups is 1. The molecule has 3 nitrogen and oxygen atoms in total. The summed E-state index contributed by atoms with van der Waals surface area (Å²) in [6.07, 6.45) is 0. The summed E-state index contributed by atoms with van der Waals surface area (Å²) in [5.74, 6) is -1.64. The van der Waals surface area contributed by atoms with Crippen LogP contribution >= 0.6 is 0 Å². The summed E-state index contributed by atoms with van der Waals surface area (Å²) >= 11 is 0. The van der Waals surface area contributed by atoms with Gasteiger partial charge in [0.25, 0.3) is 0 Å². The lowest BCUT2D eigenvalue weighted by Gasteiger charge is -2.15. The third-order valence-electron chi connectivity index (χ3n) is 3.05. The van der Waals surface area contributed by atoms with Crippen LogP contribution in [0.15, 0.2) is 48.5 Å². The molecule has 0 heterocycles. The molecule has 2 aromatic carbocycles. The van der Waals surface area contributed by atoms with Gasteiger partial charge in [-0.25, -0.2) is 8.78 Å². The molecule has 0 fully saturated rings. The molecular weight excluding hydrogens is 274 g/mol. The molecular formula is C16H16F2N2O. The number of nitrogens with one attached hydrogen (secondary N) is 2. The van der Waals surface area contributed by atoms with Crippen LogP contribution in [0.4, 0.5) is 14.5 Å². The zero-order chi connectivity index (χ0) is 15.2. The largest absolute Gasteiger partial charge is 0.374 e. The predicted molar refractivity (Wildman–Crippen MR) is 77.8 cm³/mol. The number of hydrogen-bond acceptors (Lipinski definition) is 2. The van der Waals surface area contributed by atoms with Crippen molar-refractivity contribution in [1.29, 1.82) is 0 Å². The first kappa shape index (κ1) is 15.0. The Kier molecular flexibility index (Phi) is 4.87. The van der Waals surface area contributed by atoms with Crippen LogP contribution < -0.4 is 10.6 Å². The molecule has 2 aromatic rings. The topological polar surface area (TPSA) is 41.1 Å². The van der Waals surface area contributed by atoms with Gasteiger partial charge in [-0.05, 0) is 24.6 Å². The molecule has 21 heavy (non-hydrogen) atoms. The highest BCUT2D eigenvalue weighted by Crippen LogP contribution is 2.15. The van der Waals surface area contributed by atoms with E-state index in [1.54, 1.807) is 0 Å². The average Bonchev–Trinajstić information content (AvgIpc) is 2.47. The first-order chi connectivity index (χ1) is 10.1. The number of rotatable bonds is 5. The SMILES string of the molecule is CC(NC(=O)CNc1ccc(F)cc1F)c1ccccc1. The van der Waals surface area contributed by atoms with Gasteiger partial charge in [0, 0.05) is 6.07 Å². The van der Waals surface area contributed by atoms with Gasteiger partial charge in [-0.1, -0.05) is 30.3 Å². The van der Waals surface area contributed by atoms with Gasteiger partial charge in [0.15, 0.2) is 0 Å². The molecule has 0 spiro atoms. The van der Waals surface area contributed by atoms with Crippen LogP contribution in [0, 0.1) is 11.6 Å². The fourth-order valence-corrected chi connectivity index (χ4v) is 1.93. The van der Waals surface area contributed by atoms with Crippen LogP contribution in [-0.2, 0) is 4.79 Å². The second-order valence-corrected chi connectivity index (χ2v) is 4.68. The molecule has 0 radical (unpaired) electrons. The van der Waals surface area contributed by atoms with E-state index in [4.69, 9.17) is 0 Å². The third-order valence-corrected chi connectivity index (χ3v) is 3.05. The lowest BCUT2D eigenvalue weighted by atomic mass is 10.1. The molecule has 2 N–H and O–H groups in total. The van der Waals surface area contributed by atoms with E-state index >= 15 is 0 Å². The Hall–Kier alpha value is -2.43. The van der Waals surface area contributed by atoms with Crippen molar-refractivity contribution in [3.8, 4) is 0 Å². The normalized spacial score (nSPS) is 11.8. The van der Waals surface area contributed by atoms with E-state index in [9.17, 15) is 13.6 Å². The van der Waals surface area contributed by atoms with Crippen molar-refractivity contribution in [2.75, 3.05) is 11.9 Å². The molecule has 110 valence electrons. The Morgan fingerprint density at radius 2 is 1.86 bits per heavy atom. The second-order valence-electron chi connectivity index (χ2n) is 4.68. The fraction of sp³-hybridized carbons (Fsp3) is 0.188. The van der Waals surface area contributed by atoms with Gasteiger partial charge >= 0.3 is 0 Å². The molecule has 1 unspecified atom stereocenters. The second kappa shape index (κ2) is 6.83. The van der Waals surface area contributed by atoms with Gasteiger partial charge in [-0.3, -0.25) is 4.79 Å². The zero-order valence-corrected chi connectivity index (χ0v) is 11.6. The van der Waals surface area contributed by atoms with E-state index in [1.807, 2.05) is 37.3 Å². The minimum Gasteiger partial charge on any atom is -0.374 e. The Morgan fingerprint density at radius 1 is 1.14 bits per heavy atom. The molecule has 1 atom stereocenters. The maximum Gasteiger partial charge on any atom is 0.239 e. The fourth-order valence-electron chi connectivity index (χ4n) is 1.93. The van der Waals surface area contributed by atoms with Gasteiger partial charge in [-0.15, -0.1) is 0 Å². The van der Waals surface area contributed by atoms with Crippen LogP contribution in [0.25, 0.3) is 0 Å². The average molecular weight is 290 g/mol. The number of halogens is 2. The maximum atomic E-state index is 13.4. The Morgan fingerprint density at radius 3 is 2.52 bits per heavy atom. The Bertz CT molecular complexity index is 617. The van der Waals surface area contributed by atoms with Gasteiger partial charge in [0.05, 0.1) is 18.3 Å². The van der Waals surface area contributed by atoms with E-state index in [0.29, 0.717) is 0 Å². The van der Waals surface area contributed by atoms with Crippen molar-refractivity contribution in [3.05, 3.63) is 65.7 Å². The minimum atomic E-state index is -0.723. The van der Waals surface area contributed by atoms with E-state index < -0.39 is 11.6 Å². The first-order valence-corrected chi connectivity index (χ1v) is 6.59. The number of benzene rings is 2. The molecule has 0 aliphatic heterocycles. The number of anilines is 1. The Balaban J connectivity index is 1.87. The summed E-state index contributed by atoms with van der Waals surface area (Å²) in [5.41, 5.74) is 1.08. The van der Waals surface area contributed by atoms with Crippen molar-refractivity contribution < 1.29 is 13.6 Å². The van der Waals surface area contributed by atoms with Crippen LogP contribution in [0.3, 0.4) is 0 Å². The highest BCUT2D eigenvalue weighted by molar-refractivity contribution is 5.81. The van der Waals surface area contributed by atoms with E-state index in [0.717, 1.165) is 17.7 Å². The number of amides is 1. The number of carbonyl (C=O) groups excluding carboxylic acids is 1. The molecule has 2 rings (SSSR count). The zero-order valence-electron chi connectivity index (χ0n) is 11.6. The predicted octanol–water partition coefficient (Wildman–Crippen LogP) is 3.25. The summed E-state index contributed by atoms with van der Waals surface area (Å²) in [7, 11) is 0. The van der Waals surface area contributed by atoms with Gasteiger partial charge in [0.2, 0.25) is 5.91 Å². The molecule has 0 saturated heterocycles. The first-order valence-electron chi connectivity index (χ1n) is 6.59. The molecule has 0 saturated carbocycles.